The van der Waals surface area contributed by atoms with Crippen LogP contribution in [0.4, 0.5) is 0 Å². The van der Waals surface area contributed by atoms with Crippen LogP contribution in [0.25, 0.3) is 0 Å². The molecule has 1 aromatic rings. The van der Waals surface area contributed by atoms with Crippen LogP contribution in [0.5, 0.6) is 0 Å². The standard InChI is InChI=1S/C17H26O3S/c1-3-5-9-15(4-2)14-21(19,20)17(13-18)12-16-10-7-6-8-11-16/h6-8,10-11,13,15,17H,3-5,9,12,14H2,1-2H3. The van der Waals surface area contributed by atoms with E-state index in [1.54, 1.807) is 0 Å². The van der Waals surface area contributed by atoms with Gasteiger partial charge in [-0.2, -0.15) is 0 Å². The van der Waals surface area contributed by atoms with Crippen molar-refractivity contribution < 1.29 is 13.2 Å². The Bertz CT molecular complexity index is 508. The molecule has 0 saturated carbocycles. The zero-order valence-electron chi connectivity index (χ0n) is 13.0. The minimum atomic E-state index is -3.38. The maximum Gasteiger partial charge on any atom is 0.160 e. The molecular weight excluding hydrogens is 284 g/mol. The molecule has 0 aliphatic rings. The third-order valence-electron chi connectivity index (χ3n) is 3.90. The first-order chi connectivity index (χ1) is 10.0. The molecule has 0 bridgehead atoms. The number of rotatable bonds is 10. The predicted octanol–water partition coefficient (Wildman–Crippen LogP) is 3.43. The van der Waals surface area contributed by atoms with Gasteiger partial charge in [-0.25, -0.2) is 8.42 Å². The van der Waals surface area contributed by atoms with Crippen LogP contribution >= 0.6 is 0 Å². The van der Waals surface area contributed by atoms with E-state index < -0.39 is 15.1 Å². The smallest absolute Gasteiger partial charge is 0.160 e. The van der Waals surface area contributed by atoms with Crippen molar-refractivity contribution in [1.29, 1.82) is 0 Å². The third kappa shape index (κ3) is 6.00. The Balaban J connectivity index is 2.75. The molecule has 1 aromatic carbocycles. The van der Waals surface area contributed by atoms with Crippen LogP contribution in [-0.4, -0.2) is 25.7 Å². The zero-order valence-corrected chi connectivity index (χ0v) is 13.8. The Hall–Kier alpha value is -1.16. The van der Waals surface area contributed by atoms with Gasteiger partial charge in [0.25, 0.3) is 0 Å². The molecule has 2 unspecified atom stereocenters. The van der Waals surface area contributed by atoms with Gasteiger partial charge in [-0.15, -0.1) is 0 Å². The van der Waals surface area contributed by atoms with Gasteiger partial charge >= 0.3 is 0 Å². The summed E-state index contributed by atoms with van der Waals surface area (Å²) in [7, 11) is -3.38. The average molecular weight is 310 g/mol. The summed E-state index contributed by atoms with van der Waals surface area (Å²) in [6.45, 7) is 4.12. The summed E-state index contributed by atoms with van der Waals surface area (Å²) < 4.78 is 24.9. The van der Waals surface area contributed by atoms with Gasteiger partial charge in [-0.1, -0.05) is 63.4 Å². The predicted molar refractivity (Wildman–Crippen MR) is 87.1 cm³/mol. The number of hydrogen-bond donors (Lipinski definition) is 0. The molecule has 0 saturated heterocycles. The average Bonchev–Trinajstić information content (AvgIpc) is 2.49. The molecule has 2 atom stereocenters. The molecule has 0 amide bonds. The maximum atomic E-state index is 12.5. The van der Waals surface area contributed by atoms with Crippen LogP contribution in [0.1, 0.15) is 45.1 Å². The molecule has 0 spiro atoms. The quantitative estimate of drug-likeness (QED) is 0.622. The molecule has 0 fully saturated rings. The van der Waals surface area contributed by atoms with Crippen LogP contribution in [-0.2, 0) is 21.1 Å². The summed E-state index contributed by atoms with van der Waals surface area (Å²) in [5, 5.41) is -0.921. The second-order valence-corrected chi connectivity index (χ2v) is 7.87. The van der Waals surface area contributed by atoms with Crippen molar-refractivity contribution in [2.75, 3.05) is 5.75 Å². The molecule has 0 heterocycles. The normalized spacial score (nSPS) is 14.6. The second kappa shape index (κ2) is 8.98. The maximum absolute atomic E-state index is 12.5. The summed E-state index contributed by atoms with van der Waals surface area (Å²) in [5.74, 6) is 0.285. The third-order valence-corrected chi connectivity index (χ3v) is 6.04. The van der Waals surface area contributed by atoms with E-state index in [9.17, 15) is 13.2 Å². The number of unbranched alkanes of at least 4 members (excludes halogenated alkanes) is 1. The fraction of sp³-hybridized carbons (Fsp3) is 0.588. The lowest BCUT2D eigenvalue weighted by Gasteiger charge is -2.18. The Labute approximate surface area is 128 Å². The number of aldehydes is 1. The van der Waals surface area contributed by atoms with Gasteiger partial charge in [0.05, 0.1) is 5.75 Å². The van der Waals surface area contributed by atoms with Crippen LogP contribution in [0, 0.1) is 5.92 Å². The first-order valence-corrected chi connectivity index (χ1v) is 9.45. The summed E-state index contributed by atoms with van der Waals surface area (Å²) in [5.41, 5.74) is 0.889. The van der Waals surface area contributed by atoms with E-state index in [0.717, 1.165) is 31.2 Å². The lowest BCUT2D eigenvalue weighted by atomic mass is 10.0. The van der Waals surface area contributed by atoms with Crippen LogP contribution in [0.15, 0.2) is 30.3 Å². The lowest BCUT2D eigenvalue weighted by molar-refractivity contribution is -0.107. The summed E-state index contributed by atoms with van der Waals surface area (Å²) in [4.78, 5) is 11.3. The first-order valence-electron chi connectivity index (χ1n) is 7.74. The van der Waals surface area contributed by atoms with Crippen molar-refractivity contribution in [2.45, 2.75) is 51.2 Å². The van der Waals surface area contributed by atoms with E-state index in [2.05, 4.69) is 6.92 Å². The van der Waals surface area contributed by atoms with E-state index in [1.807, 2.05) is 37.3 Å². The molecule has 21 heavy (non-hydrogen) atoms. The largest absolute Gasteiger partial charge is 0.302 e. The molecule has 0 aromatic heterocycles. The van der Waals surface area contributed by atoms with Crippen molar-refractivity contribution in [1.82, 2.24) is 0 Å². The van der Waals surface area contributed by atoms with Crippen LogP contribution in [0.3, 0.4) is 0 Å². The van der Waals surface area contributed by atoms with Gasteiger partial charge in [0.1, 0.15) is 11.5 Å². The van der Waals surface area contributed by atoms with Gasteiger partial charge < -0.3 is 4.79 Å². The van der Waals surface area contributed by atoms with Crippen LogP contribution < -0.4 is 0 Å². The Kier molecular flexibility index (Phi) is 7.65. The van der Waals surface area contributed by atoms with Crippen molar-refractivity contribution in [2.24, 2.45) is 5.92 Å². The topological polar surface area (TPSA) is 51.2 Å². The molecule has 0 aliphatic heterocycles. The molecule has 118 valence electrons. The van der Waals surface area contributed by atoms with E-state index in [-0.39, 0.29) is 18.1 Å². The molecule has 1 rings (SSSR count). The van der Waals surface area contributed by atoms with E-state index in [1.165, 1.54) is 0 Å². The fourth-order valence-corrected chi connectivity index (χ4v) is 4.38. The number of carbonyl (C=O) groups is 1. The molecule has 0 radical (unpaired) electrons. The molecular formula is C17H26O3S. The first kappa shape index (κ1) is 17.9. The summed E-state index contributed by atoms with van der Waals surface area (Å²) >= 11 is 0. The Morgan fingerprint density at radius 1 is 1.14 bits per heavy atom. The highest BCUT2D eigenvalue weighted by Gasteiger charge is 2.27. The van der Waals surface area contributed by atoms with E-state index in [0.29, 0.717) is 6.29 Å². The molecule has 0 aliphatic carbocycles. The van der Waals surface area contributed by atoms with Gasteiger partial charge in [0.15, 0.2) is 9.84 Å². The van der Waals surface area contributed by atoms with Crippen LogP contribution in [0.2, 0.25) is 0 Å². The number of benzene rings is 1. The second-order valence-electron chi connectivity index (χ2n) is 5.61. The molecule has 3 nitrogen and oxygen atoms in total. The SMILES string of the molecule is CCCCC(CC)CS(=O)(=O)C(C=O)Cc1ccccc1. The zero-order chi connectivity index (χ0) is 15.7. The minimum Gasteiger partial charge on any atom is -0.302 e. The summed E-state index contributed by atoms with van der Waals surface area (Å²) in [6, 6.07) is 9.33. The fourth-order valence-electron chi connectivity index (χ4n) is 2.46. The van der Waals surface area contributed by atoms with E-state index in [4.69, 9.17) is 0 Å². The van der Waals surface area contributed by atoms with E-state index >= 15 is 0 Å². The molecule has 4 heteroatoms. The van der Waals surface area contributed by atoms with Gasteiger partial charge in [0, 0.05) is 0 Å². The Morgan fingerprint density at radius 2 is 1.81 bits per heavy atom. The molecule has 0 N–H and O–H groups in total. The lowest BCUT2D eigenvalue weighted by Crippen LogP contribution is -2.30. The summed E-state index contributed by atoms with van der Waals surface area (Å²) in [6.07, 6.45) is 4.74. The van der Waals surface area contributed by atoms with Gasteiger partial charge in [0.2, 0.25) is 0 Å². The highest BCUT2D eigenvalue weighted by molar-refractivity contribution is 7.92. The van der Waals surface area contributed by atoms with Crippen molar-refractivity contribution in [3.63, 3.8) is 0 Å². The van der Waals surface area contributed by atoms with Gasteiger partial charge in [-0.05, 0) is 24.3 Å². The highest BCUT2D eigenvalue weighted by Crippen LogP contribution is 2.19. The highest BCUT2D eigenvalue weighted by atomic mass is 32.2. The number of sulfone groups is 1. The Morgan fingerprint density at radius 3 is 2.33 bits per heavy atom. The number of carbonyl (C=O) groups excluding carboxylic acids is 1. The monoisotopic (exact) mass is 310 g/mol. The van der Waals surface area contributed by atoms with Crippen molar-refractivity contribution in [3.05, 3.63) is 35.9 Å². The minimum absolute atomic E-state index is 0.125. The van der Waals surface area contributed by atoms with Gasteiger partial charge in [-0.3, -0.25) is 0 Å². The van der Waals surface area contributed by atoms with Crippen molar-refractivity contribution >= 4 is 16.1 Å². The van der Waals surface area contributed by atoms with Crippen molar-refractivity contribution in [3.8, 4) is 0 Å². The number of hydrogen-bond acceptors (Lipinski definition) is 3.